The van der Waals surface area contributed by atoms with E-state index in [1.165, 1.54) is 0 Å². The van der Waals surface area contributed by atoms with E-state index in [-0.39, 0.29) is 0 Å². The van der Waals surface area contributed by atoms with Crippen LogP contribution in [-0.2, 0) is 0 Å². The van der Waals surface area contributed by atoms with E-state index in [0.717, 1.165) is 51.1 Å². The van der Waals surface area contributed by atoms with Gasteiger partial charge in [-0.2, -0.15) is 5.26 Å². The Balaban J connectivity index is 1.70. The molecule has 0 aromatic heterocycles. The summed E-state index contributed by atoms with van der Waals surface area (Å²) >= 11 is 6.09. The highest BCUT2D eigenvalue weighted by Crippen LogP contribution is 2.29. The Hall–Kier alpha value is -1.28. The average molecular weight is 305 g/mol. The van der Waals surface area contributed by atoms with Crippen LogP contribution in [0.1, 0.15) is 24.8 Å². The molecule has 2 aliphatic heterocycles. The van der Waals surface area contributed by atoms with Crippen LogP contribution in [0.5, 0.6) is 0 Å². The van der Waals surface area contributed by atoms with Crippen LogP contribution in [0.15, 0.2) is 18.2 Å². The molecular weight excluding hydrogens is 284 g/mol. The Labute approximate surface area is 131 Å². The molecule has 4 nitrogen and oxygen atoms in total. The van der Waals surface area contributed by atoms with Gasteiger partial charge in [-0.3, -0.25) is 4.90 Å². The molecule has 112 valence electrons. The monoisotopic (exact) mass is 304 g/mol. The minimum Gasteiger partial charge on any atom is -0.369 e. The highest BCUT2D eigenvalue weighted by molar-refractivity contribution is 6.30. The van der Waals surface area contributed by atoms with Gasteiger partial charge in [0.05, 0.1) is 11.3 Å². The molecule has 0 amide bonds. The smallest absolute Gasteiger partial charge is 0.101 e. The summed E-state index contributed by atoms with van der Waals surface area (Å²) in [5.41, 5.74) is 7.66. The Kier molecular flexibility index (Phi) is 4.34. The van der Waals surface area contributed by atoms with Gasteiger partial charge in [-0.05, 0) is 50.6 Å². The molecular formula is C16H21ClN4. The first-order chi connectivity index (χ1) is 10.2. The molecule has 1 atom stereocenters. The van der Waals surface area contributed by atoms with Gasteiger partial charge in [0, 0.05) is 30.2 Å². The van der Waals surface area contributed by atoms with E-state index in [9.17, 15) is 5.26 Å². The quantitative estimate of drug-likeness (QED) is 0.910. The van der Waals surface area contributed by atoms with Crippen molar-refractivity contribution in [3.8, 4) is 6.07 Å². The fraction of sp³-hybridized carbons (Fsp3) is 0.562. The molecule has 3 rings (SSSR count). The van der Waals surface area contributed by atoms with Crippen LogP contribution in [-0.4, -0.2) is 43.2 Å². The maximum atomic E-state index is 9.27. The van der Waals surface area contributed by atoms with E-state index in [1.54, 1.807) is 6.07 Å². The van der Waals surface area contributed by atoms with Crippen molar-refractivity contribution in [1.82, 2.24) is 4.90 Å². The Morgan fingerprint density at radius 2 is 1.95 bits per heavy atom. The molecule has 2 aliphatic rings. The summed E-state index contributed by atoms with van der Waals surface area (Å²) in [4.78, 5) is 4.85. The van der Waals surface area contributed by atoms with Crippen LogP contribution in [0.3, 0.4) is 0 Å². The number of hydrogen-bond donors (Lipinski definition) is 1. The summed E-state index contributed by atoms with van der Waals surface area (Å²) in [5.74, 6) is 0. The number of rotatable bonds is 2. The van der Waals surface area contributed by atoms with Gasteiger partial charge < -0.3 is 10.6 Å². The number of hydrogen-bond acceptors (Lipinski definition) is 4. The molecule has 2 fully saturated rings. The minimum absolute atomic E-state index is 0.372. The van der Waals surface area contributed by atoms with E-state index in [0.29, 0.717) is 22.7 Å². The topological polar surface area (TPSA) is 56.3 Å². The summed E-state index contributed by atoms with van der Waals surface area (Å²) < 4.78 is 0. The predicted molar refractivity (Wildman–Crippen MR) is 85.6 cm³/mol. The molecule has 2 N–H and O–H groups in total. The van der Waals surface area contributed by atoms with Gasteiger partial charge in [-0.25, -0.2) is 0 Å². The van der Waals surface area contributed by atoms with Crippen molar-refractivity contribution in [2.24, 2.45) is 5.73 Å². The van der Waals surface area contributed by atoms with Crippen molar-refractivity contribution >= 4 is 17.3 Å². The number of anilines is 1. The van der Waals surface area contributed by atoms with Crippen LogP contribution >= 0.6 is 11.6 Å². The van der Waals surface area contributed by atoms with Gasteiger partial charge in [0.1, 0.15) is 6.07 Å². The maximum Gasteiger partial charge on any atom is 0.101 e. The fourth-order valence-corrected chi connectivity index (χ4v) is 3.57. The molecule has 2 heterocycles. The molecule has 1 unspecified atom stereocenters. The summed E-state index contributed by atoms with van der Waals surface area (Å²) in [5, 5.41) is 9.96. The molecule has 0 radical (unpaired) electrons. The Bertz CT molecular complexity index is 546. The SMILES string of the molecule is N#Cc1ccc(Cl)cc1N1CCC(N2CCC(N)CC2)C1. The third-order valence-corrected chi connectivity index (χ3v) is 4.91. The molecule has 0 saturated carbocycles. The van der Waals surface area contributed by atoms with Gasteiger partial charge in [-0.15, -0.1) is 0 Å². The van der Waals surface area contributed by atoms with E-state index < -0.39 is 0 Å². The van der Waals surface area contributed by atoms with Crippen molar-refractivity contribution in [2.45, 2.75) is 31.3 Å². The van der Waals surface area contributed by atoms with E-state index in [1.807, 2.05) is 12.1 Å². The number of likely N-dealkylation sites (tertiary alicyclic amines) is 1. The summed E-state index contributed by atoms with van der Waals surface area (Å²) in [6.07, 6.45) is 3.33. The highest BCUT2D eigenvalue weighted by atomic mass is 35.5. The zero-order chi connectivity index (χ0) is 14.8. The molecule has 5 heteroatoms. The maximum absolute atomic E-state index is 9.27. The zero-order valence-corrected chi connectivity index (χ0v) is 12.9. The van der Waals surface area contributed by atoms with Gasteiger partial charge in [-0.1, -0.05) is 11.6 Å². The van der Waals surface area contributed by atoms with Crippen LogP contribution < -0.4 is 10.6 Å². The van der Waals surface area contributed by atoms with Crippen LogP contribution in [0.25, 0.3) is 0 Å². The summed E-state index contributed by atoms with van der Waals surface area (Å²) in [7, 11) is 0. The van der Waals surface area contributed by atoms with Crippen molar-refractivity contribution in [3.63, 3.8) is 0 Å². The highest BCUT2D eigenvalue weighted by Gasteiger charge is 2.30. The number of benzene rings is 1. The standard InChI is InChI=1S/C16H21ClN4/c17-13-2-1-12(10-18)16(9-13)21-8-5-15(11-21)20-6-3-14(19)4-7-20/h1-2,9,14-15H,3-8,11,19H2. The summed E-state index contributed by atoms with van der Waals surface area (Å²) in [6, 6.07) is 8.72. The van der Waals surface area contributed by atoms with Gasteiger partial charge >= 0.3 is 0 Å². The fourth-order valence-electron chi connectivity index (χ4n) is 3.40. The second-order valence-electron chi connectivity index (χ2n) is 6.04. The number of nitrogens with two attached hydrogens (primary N) is 1. The second-order valence-corrected chi connectivity index (χ2v) is 6.47. The van der Waals surface area contributed by atoms with Gasteiger partial charge in [0.2, 0.25) is 0 Å². The minimum atomic E-state index is 0.372. The zero-order valence-electron chi connectivity index (χ0n) is 12.1. The number of halogens is 1. The lowest BCUT2D eigenvalue weighted by Gasteiger charge is -2.34. The first-order valence-corrected chi connectivity index (χ1v) is 7.99. The van der Waals surface area contributed by atoms with Crippen molar-refractivity contribution in [1.29, 1.82) is 5.26 Å². The average Bonchev–Trinajstić information content (AvgIpc) is 2.97. The molecule has 2 saturated heterocycles. The molecule has 1 aromatic rings. The van der Waals surface area contributed by atoms with E-state index in [2.05, 4.69) is 15.9 Å². The lowest BCUT2D eigenvalue weighted by molar-refractivity contribution is 0.163. The molecule has 0 bridgehead atoms. The second kappa shape index (κ2) is 6.23. The predicted octanol–water partition coefficient (Wildman–Crippen LogP) is 2.21. The van der Waals surface area contributed by atoms with E-state index >= 15 is 0 Å². The van der Waals surface area contributed by atoms with Crippen LogP contribution in [0.2, 0.25) is 5.02 Å². The molecule has 0 spiro atoms. The number of piperidine rings is 1. The molecule has 1 aromatic carbocycles. The first-order valence-electron chi connectivity index (χ1n) is 7.61. The van der Waals surface area contributed by atoms with Crippen LogP contribution in [0.4, 0.5) is 5.69 Å². The summed E-state index contributed by atoms with van der Waals surface area (Å²) in [6.45, 7) is 4.16. The normalized spacial score (nSPS) is 24.2. The molecule has 21 heavy (non-hydrogen) atoms. The Morgan fingerprint density at radius 1 is 1.19 bits per heavy atom. The Morgan fingerprint density at radius 3 is 2.67 bits per heavy atom. The third-order valence-electron chi connectivity index (χ3n) is 4.67. The van der Waals surface area contributed by atoms with Gasteiger partial charge in [0.15, 0.2) is 0 Å². The lowest BCUT2D eigenvalue weighted by Crippen LogP contribution is -2.46. The van der Waals surface area contributed by atoms with Crippen molar-refractivity contribution < 1.29 is 0 Å². The molecule has 0 aliphatic carbocycles. The van der Waals surface area contributed by atoms with Crippen molar-refractivity contribution in [3.05, 3.63) is 28.8 Å². The van der Waals surface area contributed by atoms with Gasteiger partial charge in [0.25, 0.3) is 0 Å². The lowest BCUT2D eigenvalue weighted by atomic mass is 10.0. The van der Waals surface area contributed by atoms with Crippen LogP contribution in [0, 0.1) is 11.3 Å². The van der Waals surface area contributed by atoms with E-state index in [4.69, 9.17) is 17.3 Å². The number of nitriles is 1. The number of nitrogens with zero attached hydrogens (tertiary/aromatic N) is 3. The van der Waals surface area contributed by atoms with Crippen molar-refractivity contribution in [2.75, 3.05) is 31.1 Å². The first kappa shape index (κ1) is 14.6. The third kappa shape index (κ3) is 3.16. The largest absolute Gasteiger partial charge is 0.369 e.